The quantitative estimate of drug-likeness (QED) is 0.649. The van der Waals surface area contributed by atoms with E-state index in [1.807, 2.05) is 6.92 Å². The Morgan fingerprint density at radius 2 is 2.06 bits per heavy atom. The molecule has 0 saturated heterocycles. The van der Waals surface area contributed by atoms with Crippen LogP contribution >= 0.6 is 0 Å². The number of nitrogens with one attached hydrogen (secondary N) is 3. The highest BCUT2D eigenvalue weighted by molar-refractivity contribution is 5.92. The Morgan fingerprint density at radius 1 is 1.28 bits per heavy atom. The van der Waals surface area contributed by atoms with E-state index in [0.29, 0.717) is 12.4 Å². The van der Waals surface area contributed by atoms with Crippen molar-refractivity contribution < 1.29 is 9.59 Å². The third kappa shape index (κ3) is 4.36. The Labute approximate surface area is 105 Å². The van der Waals surface area contributed by atoms with Crippen LogP contribution in [0.3, 0.4) is 0 Å². The molecule has 0 unspecified atom stereocenters. The first-order chi connectivity index (χ1) is 8.67. The van der Waals surface area contributed by atoms with Crippen molar-refractivity contribution in [3.05, 3.63) is 18.1 Å². The molecule has 0 atom stereocenters. The summed E-state index contributed by atoms with van der Waals surface area (Å²) in [6, 6.07) is 0. The van der Waals surface area contributed by atoms with Crippen molar-refractivity contribution in [1.29, 1.82) is 0 Å². The molecular weight excluding hydrogens is 234 g/mol. The lowest BCUT2D eigenvalue weighted by Gasteiger charge is -2.05. The normalized spacial score (nSPS) is 9.67. The average molecular weight is 251 g/mol. The molecule has 3 N–H and O–H groups in total. The highest BCUT2D eigenvalue weighted by Gasteiger charge is 2.08. The molecule has 18 heavy (non-hydrogen) atoms. The Hall–Kier alpha value is -2.18. The van der Waals surface area contributed by atoms with Crippen LogP contribution in [0.2, 0.25) is 0 Å². The lowest BCUT2D eigenvalue weighted by Crippen LogP contribution is -2.31. The largest absolute Gasteiger partial charge is 0.372 e. The fourth-order valence-corrected chi connectivity index (χ4v) is 1.26. The zero-order valence-electron chi connectivity index (χ0n) is 10.5. The summed E-state index contributed by atoms with van der Waals surface area (Å²) in [6.45, 7) is 2.70. The summed E-state index contributed by atoms with van der Waals surface area (Å²) in [5.41, 5.74) is 0.220. The molecule has 0 aliphatic heterocycles. The van der Waals surface area contributed by atoms with Crippen LogP contribution in [-0.2, 0) is 4.79 Å². The Kier molecular flexibility index (Phi) is 5.56. The summed E-state index contributed by atoms with van der Waals surface area (Å²) in [7, 11) is 1.70. The van der Waals surface area contributed by atoms with Crippen LogP contribution < -0.4 is 16.0 Å². The molecule has 0 spiro atoms. The fourth-order valence-electron chi connectivity index (χ4n) is 1.26. The van der Waals surface area contributed by atoms with Gasteiger partial charge in [-0.15, -0.1) is 0 Å². The van der Waals surface area contributed by atoms with E-state index >= 15 is 0 Å². The summed E-state index contributed by atoms with van der Waals surface area (Å²) in [5, 5.41) is 8.05. The van der Waals surface area contributed by atoms with Gasteiger partial charge >= 0.3 is 0 Å². The maximum Gasteiger partial charge on any atom is 0.271 e. The first-order valence-corrected chi connectivity index (χ1v) is 5.72. The summed E-state index contributed by atoms with van der Waals surface area (Å²) in [6.07, 6.45) is 3.15. The number of rotatable bonds is 6. The molecule has 1 heterocycles. The molecule has 1 rings (SSSR count). The standard InChI is InChI=1S/C11H17N5O2/c1-3-14-10(17)4-5-15-11(18)8-6-13-7-9(12-2)16-8/h6-7H,3-5H2,1-2H3,(H,12,16)(H,14,17)(H,15,18). The van der Waals surface area contributed by atoms with Gasteiger partial charge in [-0.05, 0) is 6.92 Å². The van der Waals surface area contributed by atoms with E-state index in [1.165, 1.54) is 12.4 Å². The van der Waals surface area contributed by atoms with Crippen LogP contribution in [0.5, 0.6) is 0 Å². The monoisotopic (exact) mass is 251 g/mol. The molecule has 7 heteroatoms. The second-order valence-corrected chi connectivity index (χ2v) is 3.50. The van der Waals surface area contributed by atoms with E-state index in [1.54, 1.807) is 7.05 Å². The van der Waals surface area contributed by atoms with Gasteiger partial charge in [0.05, 0.1) is 12.4 Å². The van der Waals surface area contributed by atoms with Gasteiger partial charge in [0.15, 0.2) is 0 Å². The summed E-state index contributed by atoms with van der Waals surface area (Å²) in [5.74, 6) is 0.0862. The number of carbonyl (C=O) groups is 2. The van der Waals surface area contributed by atoms with Gasteiger partial charge in [0.25, 0.3) is 5.91 Å². The van der Waals surface area contributed by atoms with Gasteiger partial charge in [-0.3, -0.25) is 14.6 Å². The smallest absolute Gasteiger partial charge is 0.271 e. The van der Waals surface area contributed by atoms with E-state index in [9.17, 15) is 9.59 Å². The number of carbonyl (C=O) groups excluding carboxylic acids is 2. The maximum atomic E-state index is 11.7. The van der Waals surface area contributed by atoms with Crippen molar-refractivity contribution in [2.45, 2.75) is 13.3 Å². The van der Waals surface area contributed by atoms with Gasteiger partial charge in [0.1, 0.15) is 11.5 Å². The van der Waals surface area contributed by atoms with Crippen molar-refractivity contribution in [2.75, 3.05) is 25.5 Å². The Morgan fingerprint density at radius 3 is 2.72 bits per heavy atom. The molecule has 0 aliphatic carbocycles. The summed E-state index contributed by atoms with van der Waals surface area (Å²) >= 11 is 0. The predicted octanol–water partition coefficient (Wildman–Crippen LogP) is -0.226. The van der Waals surface area contributed by atoms with Crippen molar-refractivity contribution in [3.8, 4) is 0 Å². The predicted molar refractivity (Wildman–Crippen MR) is 67.2 cm³/mol. The van der Waals surface area contributed by atoms with Gasteiger partial charge in [-0.2, -0.15) is 0 Å². The minimum Gasteiger partial charge on any atom is -0.372 e. The number of hydrogen-bond acceptors (Lipinski definition) is 5. The van der Waals surface area contributed by atoms with Gasteiger partial charge in [-0.1, -0.05) is 0 Å². The van der Waals surface area contributed by atoms with Crippen LogP contribution in [-0.4, -0.2) is 41.9 Å². The number of anilines is 1. The van der Waals surface area contributed by atoms with Crippen molar-refractivity contribution in [2.24, 2.45) is 0 Å². The number of hydrogen-bond donors (Lipinski definition) is 3. The summed E-state index contributed by atoms with van der Waals surface area (Å²) in [4.78, 5) is 30.8. The Bertz CT molecular complexity index is 422. The van der Waals surface area contributed by atoms with Crippen molar-refractivity contribution in [1.82, 2.24) is 20.6 Å². The molecule has 98 valence electrons. The number of amides is 2. The van der Waals surface area contributed by atoms with Crippen LogP contribution in [0.4, 0.5) is 5.82 Å². The van der Waals surface area contributed by atoms with E-state index in [2.05, 4.69) is 25.9 Å². The zero-order valence-corrected chi connectivity index (χ0v) is 10.5. The third-order valence-electron chi connectivity index (χ3n) is 2.13. The van der Waals surface area contributed by atoms with Crippen LogP contribution in [0.25, 0.3) is 0 Å². The van der Waals surface area contributed by atoms with Crippen LogP contribution in [0, 0.1) is 0 Å². The molecule has 0 aromatic carbocycles. The average Bonchev–Trinajstić information content (AvgIpc) is 2.39. The molecule has 1 aromatic heterocycles. The lowest BCUT2D eigenvalue weighted by molar-refractivity contribution is -0.120. The third-order valence-corrected chi connectivity index (χ3v) is 2.13. The zero-order chi connectivity index (χ0) is 13.4. The van der Waals surface area contributed by atoms with Crippen LogP contribution in [0.1, 0.15) is 23.8 Å². The first-order valence-electron chi connectivity index (χ1n) is 5.72. The first kappa shape index (κ1) is 13.9. The van der Waals surface area contributed by atoms with Gasteiger partial charge < -0.3 is 16.0 Å². The van der Waals surface area contributed by atoms with Crippen molar-refractivity contribution in [3.63, 3.8) is 0 Å². The Balaban J connectivity index is 2.42. The van der Waals surface area contributed by atoms with E-state index in [4.69, 9.17) is 0 Å². The second kappa shape index (κ2) is 7.21. The highest BCUT2D eigenvalue weighted by atomic mass is 16.2. The van der Waals surface area contributed by atoms with Gasteiger partial charge in [0, 0.05) is 26.6 Å². The highest BCUT2D eigenvalue weighted by Crippen LogP contribution is 2.00. The molecule has 7 nitrogen and oxygen atoms in total. The maximum absolute atomic E-state index is 11.7. The molecule has 2 amide bonds. The van der Waals surface area contributed by atoms with Crippen molar-refractivity contribution >= 4 is 17.6 Å². The minimum absolute atomic E-state index is 0.0899. The van der Waals surface area contributed by atoms with Crippen LogP contribution in [0.15, 0.2) is 12.4 Å². The number of nitrogens with zero attached hydrogens (tertiary/aromatic N) is 2. The molecule has 0 bridgehead atoms. The fraction of sp³-hybridized carbons (Fsp3) is 0.455. The topological polar surface area (TPSA) is 96.0 Å². The molecule has 0 radical (unpaired) electrons. The van der Waals surface area contributed by atoms with E-state index < -0.39 is 0 Å². The molecule has 0 fully saturated rings. The molecule has 0 saturated carbocycles. The SMILES string of the molecule is CCNC(=O)CCNC(=O)c1cncc(NC)n1. The number of aromatic nitrogens is 2. The lowest BCUT2D eigenvalue weighted by atomic mass is 10.3. The second-order valence-electron chi connectivity index (χ2n) is 3.50. The minimum atomic E-state index is -0.344. The van der Waals surface area contributed by atoms with Gasteiger partial charge in [0.2, 0.25) is 5.91 Å². The molecular formula is C11H17N5O2. The summed E-state index contributed by atoms with van der Waals surface area (Å²) < 4.78 is 0. The van der Waals surface area contributed by atoms with E-state index in [0.717, 1.165) is 0 Å². The van der Waals surface area contributed by atoms with Gasteiger partial charge in [-0.25, -0.2) is 4.98 Å². The van der Waals surface area contributed by atoms with E-state index in [-0.39, 0.29) is 30.5 Å². The molecule has 1 aromatic rings. The molecule has 0 aliphatic rings.